The van der Waals surface area contributed by atoms with E-state index in [1.165, 1.54) is 17.5 Å². The number of ketones is 1. The summed E-state index contributed by atoms with van der Waals surface area (Å²) in [4.78, 5) is 11.7. The molecule has 0 saturated heterocycles. The molecule has 0 unspecified atom stereocenters. The summed E-state index contributed by atoms with van der Waals surface area (Å²) in [5, 5.41) is 28.1. The van der Waals surface area contributed by atoms with Crippen LogP contribution in [-0.2, 0) is 17.3 Å². The van der Waals surface area contributed by atoms with Crippen LogP contribution in [0, 0.1) is 20.8 Å². The van der Waals surface area contributed by atoms with Gasteiger partial charge in [-0.2, -0.15) is 0 Å². The molecule has 0 atom stereocenters. The van der Waals surface area contributed by atoms with E-state index in [1.54, 1.807) is 18.2 Å². The molecule has 0 fully saturated rings. The zero-order chi connectivity index (χ0) is 26.1. The van der Waals surface area contributed by atoms with Crippen molar-refractivity contribution in [2.24, 2.45) is 0 Å². The van der Waals surface area contributed by atoms with Gasteiger partial charge in [-0.25, -0.2) is 0 Å². The fraction of sp³-hybridized carbons (Fsp3) is 0.387. The van der Waals surface area contributed by atoms with Gasteiger partial charge in [-0.3, -0.25) is 4.79 Å². The van der Waals surface area contributed by atoms with E-state index in [4.69, 9.17) is 5.11 Å². The van der Waals surface area contributed by atoms with Crippen molar-refractivity contribution in [1.29, 1.82) is 0 Å². The molecule has 35 heavy (non-hydrogen) atoms. The first-order valence-electron chi connectivity index (χ1n) is 12.2. The van der Waals surface area contributed by atoms with Crippen LogP contribution in [0.5, 0.6) is 17.2 Å². The summed E-state index contributed by atoms with van der Waals surface area (Å²) in [5.74, 6) is 1.28. The van der Waals surface area contributed by atoms with Gasteiger partial charge < -0.3 is 15.3 Å². The van der Waals surface area contributed by atoms with Crippen LogP contribution < -0.4 is 0 Å². The number of fused-ring (bicyclic) bond motifs is 2. The summed E-state index contributed by atoms with van der Waals surface area (Å²) in [6.45, 7) is 14.2. The standard InChI is InChI=1S/C12H14O2.C12H16O.C7H8O/c1-7-4-8-9(5-10(7)13)12(2,3)6-11(8)14;1-8-6-9-4-5-12(2,3)10(9)7-11(8)13;1-6-4-2-3-5-7(6)8/h4-5,13H,6H2,1-3H3;6-7,13H,4-5H2,1-3H3;2-5,8H,1H3. The number of phenolic OH excluding ortho intramolecular Hbond substituents is 3. The minimum absolute atomic E-state index is 0.127. The SMILES string of the molecule is Cc1cc2c(cc1O)C(C)(C)CC2.Cc1cc2c(cc1O)C(C)(C)CC2=O.Cc1ccccc1O. The largest absolute Gasteiger partial charge is 0.508 e. The Kier molecular flexibility index (Phi) is 7.35. The molecule has 3 aromatic carbocycles. The van der Waals surface area contributed by atoms with Gasteiger partial charge in [0, 0.05) is 12.0 Å². The maximum absolute atomic E-state index is 11.7. The maximum atomic E-state index is 11.7. The number of phenols is 3. The van der Waals surface area contributed by atoms with Crippen LogP contribution in [0.2, 0.25) is 0 Å². The van der Waals surface area contributed by atoms with E-state index in [0.29, 0.717) is 17.9 Å². The molecule has 4 heteroatoms. The zero-order valence-electron chi connectivity index (χ0n) is 22.0. The van der Waals surface area contributed by atoms with Gasteiger partial charge in [0.2, 0.25) is 0 Å². The van der Waals surface area contributed by atoms with E-state index >= 15 is 0 Å². The lowest BCUT2D eigenvalue weighted by Gasteiger charge is -2.19. The Morgan fingerprint density at radius 3 is 1.83 bits per heavy atom. The predicted molar refractivity (Wildman–Crippen MR) is 142 cm³/mol. The molecule has 0 amide bonds. The fourth-order valence-electron chi connectivity index (χ4n) is 4.82. The van der Waals surface area contributed by atoms with Gasteiger partial charge in [-0.05, 0) is 102 Å². The fourth-order valence-corrected chi connectivity index (χ4v) is 4.82. The molecule has 5 rings (SSSR count). The molecule has 0 aromatic heterocycles. The van der Waals surface area contributed by atoms with Gasteiger partial charge in [0.25, 0.3) is 0 Å². The number of benzene rings is 3. The van der Waals surface area contributed by atoms with Crippen LogP contribution in [0.25, 0.3) is 0 Å². The van der Waals surface area contributed by atoms with Crippen LogP contribution in [0.15, 0.2) is 48.5 Å². The van der Waals surface area contributed by atoms with Gasteiger partial charge in [0.15, 0.2) is 5.78 Å². The highest BCUT2D eigenvalue weighted by Gasteiger charge is 2.36. The Morgan fingerprint density at radius 2 is 1.26 bits per heavy atom. The molecule has 3 aromatic rings. The van der Waals surface area contributed by atoms with Crippen molar-refractivity contribution in [3.05, 3.63) is 87.5 Å². The Balaban J connectivity index is 0.000000152. The average Bonchev–Trinajstić information content (AvgIpc) is 3.18. The Hall–Kier alpha value is -3.27. The van der Waals surface area contributed by atoms with E-state index < -0.39 is 0 Å². The molecular formula is C31H38O4. The number of aryl methyl sites for hydroxylation is 4. The molecule has 0 heterocycles. The number of hydrogen-bond acceptors (Lipinski definition) is 4. The quantitative estimate of drug-likeness (QED) is 0.322. The third-order valence-corrected chi connectivity index (χ3v) is 7.25. The van der Waals surface area contributed by atoms with Crippen LogP contribution in [0.3, 0.4) is 0 Å². The molecule has 3 N–H and O–H groups in total. The van der Waals surface area contributed by atoms with Crippen LogP contribution in [0.1, 0.15) is 84.3 Å². The first-order valence-corrected chi connectivity index (χ1v) is 12.2. The van der Waals surface area contributed by atoms with Gasteiger partial charge in [-0.15, -0.1) is 0 Å². The second-order valence-corrected chi connectivity index (χ2v) is 11.1. The summed E-state index contributed by atoms with van der Waals surface area (Å²) < 4.78 is 0. The Bertz CT molecular complexity index is 1230. The van der Waals surface area contributed by atoms with E-state index in [0.717, 1.165) is 34.2 Å². The second-order valence-electron chi connectivity index (χ2n) is 11.1. The highest BCUT2D eigenvalue weighted by atomic mass is 16.3. The van der Waals surface area contributed by atoms with Gasteiger partial charge in [-0.1, -0.05) is 52.0 Å². The summed E-state index contributed by atoms with van der Waals surface area (Å²) >= 11 is 0. The van der Waals surface area contributed by atoms with Crippen molar-refractivity contribution in [2.75, 3.05) is 0 Å². The van der Waals surface area contributed by atoms with Crippen molar-refractivity contribution in [3.8, 4) is 17.2 Å². The molecule has 2 aliphatic rings. The number of hydrogen-bond donors (Lipinski definition) is 3. The molecule has 186 valence electrons. The summed E-state index contributed by atoms with van der Waals surface area (Å²) in [5.41, 5.74) is 7.32. The van der Waals surface area contributed by atoms with E-state index in [2.05, 4.69) is 19.9 Å². The minimum Gasteiger partial charge on any atom is -0.508 e. The van der Waals surface area contributed by atoms with Crippen molar-refractivity contribution in [2.45, 2.75) is 78.6 Å². The smallest absolute Gasteiger partial charge is 0.164 e. The summed E-state index contributed by atoms with van der Waals surface area (Å²) in [6, 6.07) is 14.8. The third kappa shape index (κ3) is 5.70. The maximum Gasteiger partial charge on any atom is 0.164 e. The van der Waals surface area contributed by atoms with Crippen LogP contribution >= 0.6 is 0 Å². The second kappa shape index (κ2) is 9.77. The normalized spacial score (nSPS) is 16.4. The predicted octanol–water partition coefficient (Wildman–Crippen LogP) is 7.19. The first-order chi connectivity index (χ1) is 16.2. The number of rotatable bonds is 0. The van der Waals surface area contributed by atoms with Crippen LogP contribution in [0.4, 0.5) is 0 Å². The zero-order valence-corrected chi connectivity index (χ0v) is 22.0. The van der Waals surface area contributed by atoms with Crippen molar-refractivity contribution in [3.63, 3.8) is 0 Å². The van der Waals surface area contributed by atoms with Gasteiger partial charge in [0.1, 0.15) is 17.2 Å². The molecule has 2 aliphatic carbocycles. The Morgan fingerprint density at radius 1 is 0.686 bits per heavy atom. The first kappa shape index (κ1) is 26.3. The molecule has 0 aliphatic heterocycles. The van der Waals surface area contributed by atoms with Crippen LogP contribution in [-0.4, -0.2) is 21.1 Å². The number of aromatic hydroxyl groups is 3. The lowest BCUT2D eigenvalue weighted by atomic mass is 9.86. The Labute approximate surface area is 209 Å². The topological polar surface area (TPSA) is 77.8 Å². The molecule has 0 spiro atoms. The average molecular weight is 475 g/mol. The third-order valence-electron chi connectivity index (χ3n) is 7.25. The van der Waals surface area contributed by atoms with Crippen molar-refractivity contribution < 1.29 is 20.1 Å². The molecule has 0 radical (unpaired) electrons. The summed E-state index contributed by atoms with van der Waals surface area (Å²) in [6.07, 6.45) is 2.90. The lowest BCUT2D eigenvalue weighted by Crippen LogP contribution is -2.12. The highest BCUT2D eigenvalue weighted by molar-refractivity contribution is 6.02. The highest BCUT2D eigenvalue weighted by Crippen LogP contribution is 2.41. The van der Waals surface area contributed by atoms with Crippen molar-refractivity contribution in [1.82, 2.24) is 0 Å². The molecule has 0 bridgehead atoms. The van der Waals surface area contributed by atoms with Gasteiger partial charge in [0.05, 0.1) is 0 Å². The lowest BCUT2D eigenvalue weighted by molar-refractivity contribution is 0.0979. The van der Waals surface area contributed by atoms with E-state index in [-0.39, 0.29) is 22.4 Å². The van der Waals surface area contributed by atoms with Gasteiger partial charge >= 0.3 is 0 Å². The summed E-state index contributed by atoms with van der Waals surface area (Å²) in [7, 11) is 0. The van der Waals surface area contributed by atoms with E-state index in [9.17, 15) is 15.0 Å². The van der Waals surface area contributed by atoms with Crippen molar-refractivity contribution >= 4 is 5.78 Å². The monoisotopic (exact) mass is 474 g/mol. The number of carbonyl (C=O) groups is 1. The van der Waals surface area contributed by atoms with E-state index in [1.807, 2.05) is 58.9 Å². The number of carbonyl (C=O) groups excluding carboxylic acids is 1. The minimum atomic E-state index is -0.127. The molecule has 4 nitrogen and oxygen atoms in total. The number of Topliss-reactive ketones (excluding diaryl/α,β-unsaturated/α-hetero) is 1. The molecule has 0 saturated carbocycles. The molecular weight excluding hydrogens is 436 g/mol. The number of para-hydroxylation sites is 1.